The first kappa shape index (κ1) is 19.6. The number of pyridine rings is 1. The Morgan fingerprint density at radius 3 is 2.71 bits per heavy atom. The number of fused-ring (bicyclic) bond motifs is 1. The van der Waals surface area contributed by atoms with E-state index < -0.39 is 23.5 Å². The molecule has 28 heavy (non-hydrogen) atoms. The first-order valence-corrected chi connectivity index (χ1v) is 9.49. The van der Waals surface area contributed by atoms with Crippen molar-refractivity contribution >= 4 is 28.9 Å². The van der Waals surface area contributed by atoms with Gasteiger partial charge in [-0.05, 0) is 38.0 Å². The molecule has 0 aliphatic heterocycles. The van der Waals surface area contributed by atoms with Crippen LogP contribution < -0.4 is 5.32 Å². The van der Waals surface area contributed by atoms with Crippen molar-refractivity contribution in [2.45, 2.75) is 50.7 Å². The van der Waals surface area contributed by atoms with E-state index >= 15 is 0 Å². The van der Waals surface area contributed by atoms with Gasteiger partial charge in [0, 0.05) is 11.5 Å². The molecule has 1 aliphatic rings. The molecule has 1 amide bonds. The molecule has 1 heterocycles. The highest BCUT2D eigenvalue weighted by Crippen LogP contribution is 2.27. The SMILES string of the molecule is CC(OC(=O)C=Cc1ccc2ccccc2n1)C(=O)NC1(C#N)CCCCC1. The van der Waals surface area contributed by atoms with Crippen LogP contribution in [0.5, 0.6) is 0 Å². The molecule has 6 heteroatoms. The van der Waals surface area contributed by atoms with Gasteiger partial charge in [0.05, 0.1) is 17.3 Å². The summed E-state index contributed by atoms with van der Waals surface area (Å²) in [4.78, 5) is 28.9. The lowest BCUT2D eigenvalue weighted by Crippen LogP contribution is -2.52. The highest BCUT2D eigenvalue weighted by molar-refractivity contribution is 5.91. The number of hydrogen-bond acceptors (Lipinski definition) is 5. The molecular formula is C22H23N3O3. The summed E-state index contributed by atoms with van der Waals surface area (Å²) in [5.74, 6) is -1.08. The van der Waals surface area contributed by atoms with Gasteiger partial charge in [0.2, 0.25) is 0 Å². The maximum atomic E-state index is 12.4. The van der Waals surface area contributed by atoms with E-state index in [0.29, 0.717) is 18.5 Å². The molecular weight excluding hydrogens is 354 g/mol. The second-order valence-corrected chi connectivity index (χ2v) is 7.09. The highest BCUT2D eigenvalue weighted by atomic mass is 16.5. The van der Waals surface area contributed by atoms with E-state index in [1.54, 1.807) is 6.08 Å². The zero-order valence-electron chi connectivity index (χ0n) is 15.9. The number of esters is 1. The smallest absolute Gasteiger partial charge is 0.331 e. The molecule has 3 rings (SSSR count). The fourth-order valence-corrected chi connectivity index (χ4v) is 3.35. The highest BCUT2D eigenvalue weighted by Gasteiger charge is 2.35. The Hall–Kier alpha value is -3.20. The minimum atomic E-state index is -0.978. The summed E-state index contributed by atoms with van der Waals surface area (Å²) in [5.41, 5.74) is 0.611. The number of hydrogen-bond donors (Lipinski definition) is 1. The Bertz CT molecular complexity index is 939. The number of carbonyl (C=O) groups is 2. The number of nitrogens with one attached hydrogen (secondary N) is 1. The minimum Gasteiger partial charge on any atom is -0.449 e. The van der Waals surface area contributed by atoms with E-state index in [2.05, 4.69) is 16.4 Å². The predicted octanol–water partition coefficient (Wildman–Crippen LogP) is 3.52. The zero-order chi connectivity index (χ0) is 20.0. The zero-order valence-corrected chi connectivity index (χ0v) is 15.9. The van der Waals surface area contributed by atoms with Gasteiger partial charge in [-0.15, -0.1) is 0 Å². The molecule has 0 saturated heterocycles. The summed E-state index contributed by atoms with van der Waals surface area (Å²) < 4.78 is 5.18. The lowest BCUT2D eigenvalue weighted by atomic mass is 9.83. The van der Waals surface area contributed by atoms with Crippen LogP contribution in [0.25, 0.3) is 17.0 Å². The predicted molar refractivity (Wildman–Crippen MR) is 106 cm³/mol. The van der Waals surface area contributed by atoms with Gasteiger partial charge in [0.15, 0.2) is 6.10 Å². The maximum absolute atomic E-state index is 12.4. The van der Waals surface area contributed by atoms with Gasteiger partial charge < -0.3 is 10.1 Å². The normalized spacial score (nSPS) is 17.0. The standard InChI is InChI=1S/C22H23N3O3/c1-16(21(27)25-22(15-23)13-5-2-6-14-22)28-20(26)12-11-18-10-9-17-7-3-4-8-19(17)24-18/h3-4,7-12,16H,2,5-6,13-14H2,1H3,(H,25,27). The molecule has 1 aromatic carbocycles. The summed E-state index contributed by atoms with van der Waals surface area (Å²) in [6.07, 6.45) is 5.96. The van der Waals surface area contributed by atoms with Crippen molar-refractivity contribution in [2.24, 2.45) is 0 Å². The molecule has 1 unspecified atom stereocenters. The van der Waals surface area contributed by atoms with Gasteiger partial charge in [0.1, 0.15) is 5.54 Å². The Balaban J connectivity index is 1.57. The number of nitriles is 1. The second-order valence-electron chi connectivity index (χ2n) is 7.09. The van der Waals surface area contributed by atoms with Crippen molar-refractivity contribution < 1.29 is 14.3 Å². The summed E-state index contributed by atoms with van der Waals surface area (Å²) in [7, 11) is 0. The topological polar surface area (TPSA) is 92.1 Å². The molecule has 1 fully saturated rings. The van der Waals surface area contributed by atoms with Gasteiger partial charge in [-0.1, -0.05) is 43.5 Å². The summed E-state index contributed by atoms with van der Waals surface area (Å²) in [6.45, 7) is 1.50. The van der Waals surface area contributed by atoms with Crippen LogP contribution in [0.4, 0.5) is 0 Å². The molecule has 0 spiro atoms. The number of aromatic nitrogens is 1. The van der Waals surface area contributed by atoms with Crippen molar-refractivity contribution in [1.82, 2.24) is 10.3 Å². The van der Waals surface area contributed by atoms with Crippen LogP contribution in [0.1, 0.15) is 44.7 Å². The molecule has 1 N–H and O–H groups in total. The van der Waals surface area contributed by atoms with Crippen LogP contribution >= 0.6 is 0 Å². The third kappa shape index (κ3) is 4.74. The average Bonchev–Trinajstić information content (AvgIpc) is 2.72. The molecule has 2 aromatic rings. The molecule has 1 saturated carbocycles. The number of amides is 1. The molecule has 1 atom stereocenters. The van der Waals surface area contributed by atoms with Crippen molar-refractivity contribution in [2.75, 3.05) is 0 Å². The Labute approximate surface area is 164 Å². The lowest BCUT2D eigenvalue weighted by Gasteiger charge is -2.32. The molecule has 1 aromatic heterocycles. The van der Waals surface area contributed by atoms with Crippen LogP contribution in [0.3, 0.4) is 0 Å². The average molecular weight is 377 g/mol. The lowest BCUT2D eigenvalue weighted by molar-refractivity contribution is -0.150. The van der Waals surface area contributed by atoms with Crippen LogP contribution in [-0.2, 0) is 14.3 Å². The van der Waals surface area contributed by atoms with E-state index in [-0.39, 0.29) is 0 Å². The van der Waals surface area contributed by atoms with Gasteiger partial charge >= 0.3 is 5.97 Å². The Kier molecular flexibility index (Phi) is 6.05. The Morgan fingerprint density at radius 2 is 1.96 bits per heavy atom. The van der Waals surface area contributed by atoms with E-state index in [1.165, 1.54) is 13.0 Å². The van der Waals surface area contributed by atoms with Crippen LogP contribution in [-0.4, -0.2) is 28.5 Å². The number of carbonyl (C=O) groups excluding carboxylic acids is 2. The third-order valence-electron chi connectivity index (χ3n) is 4.96. The summed E-state index contributed by atoms with van der Waals surface area (Å²) >= 11 is 0. The van der Waals surface area contributed by atoms with Gasteiger partial charge in [-0.25, -0.2) is 9.78 Å². The van der Waals surface area contributed by atoms with Crippen molar-refractivity contribution in [3.63, 3.8) is 0 Å². The molecule has 0 bridgehead atoms. The monoisotopic (exact) mass is 377 g/mol. The first-order chi connectivity index (χ1) is 13.5. The van der Waals surface area contributed by atoms with Crippen LogP contribution in [0.2, 0.25) is 0 Å². The van der Waals surface area contributed by atoms with Gasteiger partial charge in [-0.3, -0.25) is 4.79 Å². The van der Waals surface area contributed by atoms with Crippen molar-refractivity contribution in [1.29, 1.82) is 5.26 Å². The number of benzene rings is 1. The van der Waals surface area contributed by atoms with Crippen molar-refractivity contribution in [3.8, 4) is 6.07 Å². The maximum Gasteiger partial charge on any atom is 0.331 e. The number of rotatable bonds is 5. The van der Waals surface area contributed by atoms with Gasteiger partial charge in [-0.2, -0.15) is 5.26 Å². The number of para-hydroxylation sites is 1. The quantitative estimate of drug-likeness (QED) is 0.636. The molecule has 144 valence electrons. The summed E-state index contributed by atoms with van der Waals surface area (Å²) in [5, 5.41) is 13.2. The number of ether oxygens (including phenoxy) is 1. The molecule has 0 radical (unpaired) electrons. The Morgan fingerprint density at radius 1 is 1.21 bits per heavy atom. The first-order valence-electron chi connectivity index (χ1n) is 9.49. The van der Waals surface area contributed by atoms with Crippen LogP contribution in [0, 0.1) is 11.3 Å². The molecule has 6 nitrogen and oxygen atoms in total. The van der Waals surface area contributed by atoms with E-state index in [4.69, 9.17) is 4.74 Å². The minimum absolute atomic E-state index is 0.450. The van der Waals surface area contributed by atoms with Gasteiger partial charge in [0.25, 0.3) is 5.91 Å². The van der Waals surface area contributed by atoms with Crippen LogP contribution in [0.15, 0.2) is 42.5 Å². The second kappa shape index (κ2) is 8.66. The fraction of sp³-hybridized carbons (Fsp3) is 0.364. The molecule has 1 aliphatic carbocycles. The third-order valence-corrected chi connectivity index (χ3v) is 4.96. The largest absolute Gasteiger partial charge is 0.449 e. The summed E-state index contributed by atoms with van der Waals surface area (Å²) in [6, 6.07) is 13.7. The fourth-order valence-electron chi connectivity index (χ4n) is 3.35. The van der Waals surface area contributed by atoms with Crippen molar-refractivity contribution in [3.05, 3.63) is 48.2 Å². The van der Waals surface area contributed by atoms with E-state index in [0.717, 1.165) is 30.2 Å². The van der Waals surface area contributed by atoms with E-state index in [1.807, 2.05) is 36.4 Å². The number of nitrogens with zero attached hydrogens (tertiary/aromatic N) is 2. The van der Waals surface area contributed by atoms with E-state index in [9.17, 15) is 14.9 Å².